The Hall–Kier alpha value is -1.02. The van der Waals surface area contributed by atoms with Gasteiger partial charge in [0, 0.05) is 6.04 Å². The van der Waals surface area contributed by atoms with Gasteiger partial charge in [0.2, 0.25) is 0 Å². The van der Waals surface area contributed by atoms with Crippen molar-refractivity contribution in [3.05, 3.63) is 28.8 Å². The van der Waals surface area contributed by atoms with Gasteiger partial charge in [-0.2, -0.15) is 0 Å². The minimum Gasteiger partial charge on any atom is -0.496 e. The average molecular weight is 221 g/mol. The summed E-state index contributed by atoms with van der Waals surface area (Å²) in [5.74, 6) is 1.04. The SMILES string of the molecule is COc1c(C)cc(C)cc1CCCC(C)N. The zero-order chi connectivity index (χ0) is 12.1. The summed E-state index contributed by atoms with van der Waals surface area (Å²) >= 11 is 0. The van der Waals surface area contributed by atoms with Crippen molar-refractivity contribution in [3.8, 4) is 5.75 Å². The van der Waals surface area contributed by atoms with Crippen molar-refractivity contribution in [1.29, 1.82) is 0 Å². The quantitative estimate of drug-likeness (QED) is 0.829. The van der Waals surface area contributed by atoms with Gasteiger partial charge >= 0.3 is 0 Å². The Morgan fingerprint density at radius 3 is 2.56 bits per heavy atom. The maximum absolute atomic E-state index is 5.76. The Morgan fingerprint density at radius 2 is 2.00 bits per heavy atom. The van der Waals surface area contributed by atoms with E-state index in [0.717, 1.165) is 25.0 Å². The number of hydrogen-bond acceptors (Lipinski definition) is 2. The van der Waals surface area contributed by atoms with Gasteiger partial charge in [0.25, 0.3) is 0 Å². The Morgan fingerprint density at radius 1 is 1.31 bits per heavy atom. The van der Waals surface area contributed by atoms with E-state index in [0.29, 0.717) is 0 Å². The molecule has 0 aliphatic carbocycles. The molecule has 0 spiro atoms. The third-order valence-corrected chi connectivity index (χ3v) is 2.81. The average Bonchev–Trinajstić information content (AvgIpc) is 2.16. The predicted molar refractivity (Wildman–Crippen MR) is 69.1 cm³/mol. The second-order valence-electron chi connectivity index (χ2n) is 4.64. The first kappa shape index (κ1) is 13.0. The molecule has 0 saturated heterocycles. The van der Waals surface area contributed by atoms with Gasteiger partial charge in [0.15, 0.2) is 0 Å². The molecule has 0 amide bonds. The Bertz CT molecular complexity index is 345. The van der Waals surface area contributed by atoms with Crippen molar-refractivity contribution in [2.75, 3.05) is 7.11 Å². The monoisotopic (exact) mass is 221 g/mol. The summed E-state index contributed by atoms with van der Waals surface area (Å²) < 4.78 is 5.46. The molecular weight excluding hydrogens is 198 g/mol. The molecule has 1 atom stereocenters. The van der Waals surface area contributed by atoms with Gasteiger partial charge in [-0.25, -0.2) is 0 Å². The van der Waals surface area contributed by atoms with Crippen LogP contribution in [0.15, 0.2) is 12.1 Å². The van der Waals surface area contributed by atoms with E-state index in [1.54, 1.807) is 7.11 Å². The molecule has 1 unspecified atom stereocenters. The van der Waals surface area contributed by atoms with Crippen molar-refractivity contribution in [2.24, 2.45) is 5.73 Å². The van der Waals surface area contributed by atoms with E-state index in [1.165, 1.54) is 16.7 Å². The fourth-order valence-electron chi connectivity index (χ4n) is 2.13. The molecule has 16 heavy (non-hydrogen) atoms. The highest BCUT2D eigenvalue weighted by molar-refractivity contribution is 5.43. The van der Waals surface area contributed by atoms with Crippen molar-refractivity contribution in [3.63, 3.8) is 0 Å². The smallest absolute Gasteiger partial charge is 0.124 e. The van der Waals surface area contributed by atoms with Crippen molar-refractivity contribution >= 4 is 0 Å². The van der Waals surface area contributed by atoms with Crippen LogP contribution < -0.4 is 10.5 Å². The molecule has 0 heterocycles. The van der Waals surface area contributed by atoms with Crippen LogP contribution in [-0.4, -0.2) is 13.2 Å². The standard InChI is InChI=1S/C14H23NO/c1-10-8-11(2)14(16-4)13(9-10)7-5-6-12(3)15/h8-9,12H,5-7,15H2,1-4H3. The van der Waals surface area contributed by atoms with Crippen molar-refractivity contribution in [1.82, 2.24) is 0 Å². The fourth-order valence-corrected chi connectivity index (χ4v) is 2.13. The number of rotatable bonds is 5. The maximum Gasteiger partial charge on any atom is 0.124 e. The third kappa shape index (κ3) is 3.53. The van der Waals surface area contributed by atoms with E-state index in [4.69, 9.17) is 10.5 Å². The van der Waals surface area contributed by atoms with Gasteiger partial charge in [0.1, 0.15) is 5.75 Å². The number of benzene rings is 1. The zero-order valence-electron chi connectivity index (χ0n) is 10.8. The molecule has 0 radical (unpaired) electrons. The third-order valence-electron chi connectivity index (χ3n) is 2.81. The summed E-state index contributed by atoms with van der Waals surface area (Å²) in [5, 5.41) is 0. The van der Waals surface area contributed by atoms with Crippen molar-refractivity contribution in [2.45, 2.75) is 46.1 Å². The summed E-state index contributed by atoms with van der Waals surface area (Å²) in [6.45, 7) is 6.28. The molecule has 1 rings (SSSR count). The van der Waals surface area contributed by atoms with E-state index in [2.05, 4.69) is 32.9 Å². The second-order valence-corrected chi connectivity index (χ2v) is 4.64. The lowest BCUT2D eigenvalue weighted by Gasteiger charge is -2.13. The molecular formula is C14H23NO. The number of nitrogens with two attached hydrogens (primary N) is 1. The molecule has 0 saturated carbocycles. The van der Waals surface area contributed by atoms with Crippen LogP contribution >= 0.6 is 0 Å². The number of ether oxygens (including phenoxy) is 1. The molecule has 0 aromatic heterocycles. The van der Waals surface area contributed by atoms with E-state index >= 15 is 0 Å². The summed E-state index contributed by atoms with van der Waals surface area (Å²) in [4.78, 5) is 0. The summed E-state index contributed by atoms with van der Waals surface area (Å²) in [6.07, 6.45) is 3.24. The molecule has 2 heteroatoms. The van der Waals surface area contributed by atoms with Crippen LogP contribution in [0, 0.1) is 13.8 Å². The highest BCUT2D eigenvalue weighted by Gasteiger charge is 2.07. The number of methoxy groups -OCH3 is 1. The molecule has 90 valence electrons. The van der Waals surface area contributed by atoms with Gasteiger partial charge in [-0.3, -0.25) is 0 Å². The molecule has 2 nitrogen and oxygen atoms in total. The lowest BCUT2D eigenvalue weighted by molar-refractivity contribution is 0.405. The molecule has 0 fully saturated rings. The van der Waals surface area contributed by atoms with Gasteiger partial charge in [0.05, 0.1) is 7.11 Å². The minimum absolute atomic E-state index is 0.289. The molecule has 2 N–H and O–H groups in total. The van der Waals surface area contributed by atoms with Crippen LogP contribution in [0.3, 0.4) is 0 Å². The van der Waals surface area contributed by atoms with Crippen LogP contribution in [0.1, 0.15) is 36.5 Å². The first-order valence-electron chi connectivity index (χ1n) is 5.94. The normalized spacial score (nSPS) is 12.6. The summed E-state index contributed by atoms with van der Waals surface area (Å²) in [7, 11) is 1.74. The van der Waals surface area contributed by atoms with Gasteiger partial charge in [-0.15, -0.1) is 0 Å². The Kier molecular flexibility index (Phi) is 4.81. The topological polar surface area (TPSA) is 35.2 Å². The summed E-state index contributed by atoms with van der Waals surface area (Å²) in [5.41, 5.74) is 9.58. The minimum atomic E-state index is 0.289. The second kappa shape index (κ2) is 5.90. The number of hydrogen-bond donors (Lipinski definition) is 1. The maximum atomic E-state index is 5.76. The van der Waals surface area contributed by atoms with E-state index in [9.17, 15) is 0 Å². The van der Waals surface area contributed by atoms with Gasteiger partial charge < -0.3 is 10.5 Å². The molecule has 0 aliphatic heterocycles. The highest BCUT2D eigenvalue weighted by Crippen LogP contribution is 2.26. The van der Waals surface area contributed by atoms with Gasteiger partial charge in [-0.1, -0.05) is 17.7 Å². The first-order chi connectivity index (χ1) is 7.54. The van der Waals surface area contributed by atoms with Crippen LogP contribution in [0.25, 0.3) is 0 Å². The first-order valence-corrected chi connectivity index (χ1v) is 5.94. The van der Waals surface area contributed by atoms with E-state index in [1.807, 2.05) is 0 Å². The summed E-state index contributed by atoms with van der Waals surface area (Å²) in [6, 6.07) is 4.66. The Balaban J connectivity index is 2.77. The lowest BCUT2D eigenvalue weighted by Crippen LogP contribution is -2.14. The Labute approximate surface area is 98.8 Å². The fraction of sp³-hybridized carbons (Fsp3) is 0.571. The van der Waals surface area contributed by atoms with Crippen LogP contribution in [0.5, 0.6) is 5.75 Å². The molecule has 1 aromatic rings. The number of aryl methyl sites for hydroxylation is 3. The van der Waals surface area contributed by atoms with Crippen LogP contribution in [-0.2, 0) is 6.42 Å². The molecule has 0 aliphatic rings. The van der Waals surface area contributed by atoms with Gasteiger partial charge in [-0.05, 0) is 51.2 Å². The zero-order valence-corrected chi connectivity index (χ0v) is 10.8. The van der Waals surface area contributed by atoms with E-state index < -0.39 is 0 Å². The lowest BCUT2D eigenvalue weighted by atomic mass is 10.00. The highest BCUT2D eigenvalue weighted by atomic mass is 16.5. The predicted octanol–water partition coefficient (Wildman–Crippen LogP) is 2.98. The van der Waals surface area contributed by atoms with Crippen LogP contribution in [0.4, 0.5) is 0 Å². The van der Waals surface area contributed by atoms with Crippen LogP contribution in [0.2, 0.25) is 0 Å². The largest absolute Gasteiger partial charge is 0.496 e. The molecule has 0 bridgehead atoms. The van der Waals surface area contributed by atoms with Crippen molar-refractivity contribution < 1.29 is 4.74 Å². The molecule has 1 aromatic carbocycles. The van der Waals surface area contributed by atoms with E-state index in [-0.39, 0.29) is 6.04 Å².